The Labute approximate surface area is 145 Å². The Morgan fingerprint density at radius 2 is 1.83 bits per heavy atom. The van der Waals surface area contributed by atoms with Gasteiger partial charge in [0.05, 0.1) is 28.8 Å². The summed E-state index contributed by atoms with van der Waals surface area (Å²) in [6.07, 6.45) is 0. The highest BCUT2D eigenvalue weighted by Crippen LogP contribution is 2.23. The molecule has 0 saturated heterocycles. The maximum absolute atomic E-state index is 6.06. The minimum absolute atomic E-state index is 0.549. The van der Waals surface area contributed by atoms with E-state index in [1.165, 1.54) is 0 Å². The number of para-hydroxylation sites is 1. The average Bonchev–Trinajstić information content (AvgIpc) is 2.90. The summed E-state index contributed by atoms with van der Waals surface area (Å²) in [5.74, 6) is 0. The molecule has 2 aromatic carbocycles. The molecule has 0 fully saturated rings. The lowest BCUT2D eigenvalue weighted by Crippen LogP contribution is -2.05. The van der Waals surface area contributed by atoms with Gasteiger partial charge < -0.3 is 5.32 Å². The second-order valence-corrected chi connectivity index (χ2v) is 6.06. The molecule has 1 aromatic heterocycles. The predicted molar refractivity (Wildman–Crippen MR) is 94.1 cm³/mol. The number of aromatic nitrogens is 3. The zero-order valence-electron chi connectivity index (χ0n) is 12.6. The molecule has 1 N–H and O–H groups in total. The molecule has 0 bridgehead atoms. The van der Waals surface area contributed by atoms with Crippen molar-refractivity contribution in [3.8, 4) is 0 Å². The van der Waals surface area contributed by atoms with Gasteiger partial charge in [-0.3, -0.25) is 0 Å². The molecule has 0 aliphatic carbocycles. The first kappa shape index (κ1) is 15.8. The summed E-state index contributed by atoms with van der Waals surface area (Å²) >= 11 is 12.0. The van der Waals surface area contributed by atoms with Crippen LogP contribution in [0.15, 0.2) is 48.5 Å². The van der Waals surface area contributed by atoms with Crippen LogP contribution in [0.4, 0.5) is 5.69 Å². The molecular weight excluding hydrogens is 331 g/mol. The monoisotopic (exact) mass is 346 g/mol. The molecule has 0 unspecified atom stereocenters. The normalized spacial score (nSPS) is 10.7. The van der Waals surface area contributed by atoms with Crippen molar-refractivity contribution in [1.82, 2.24) is 15.0 Å². The number of rotatable bonds is 5. The minimum atomic E-state index is 0.549. The maximum atomic E-state index is 6.06. The van der Waals surface area contributed by atoms with Gasteiger partial charge in [0.2, 0.25) is 0 Å². The molecule has 3 rings (SSSR count). The first-order valence-corrected chi connectivity index (χ1v) is 8.01. The number of halogens is 2. The topological polar surface area (TPSA) is 42.7 Å². The largest absolute Gasteiger partial charge is 0.379 e. The Hall–Kier alpha value is -2.04. The molecule has 0 atom stereocenters. The van der Waals surface area contributed by atoms with Gasteiger partial charge in [-0.1, -0.05) is 52.7 Å². The van der Waals surface area contributed by atoms with Crippen molar-refractivity contribution < 1.29 is 0 Å². The van der Waals surface area contributed by atoms with E-state index in [2.05, 4.69) is 15.6 Å². The van der Waals surface area contributed by atoms with E-state index < -0.39 is 0 Å². The Morgan fingerprint density at radius 1 is 1.04 bits per heavy atom. The molecule has 23 heavy (non-hydrogen) atoms. The van der Waals surface area contributed by atoms with Crippen LogP contribution < -0.4 is 5.32 Å². The molecule has 3 aromatic rings. The molecule has 118 valence electrons. The summed E-state index contributed by atoms with van der Waals surface area (Å²) in [5, 5.41) is 12.9. The highest BCUT2D eigenvalue weighted by molar-refractivity contribution is 6.42. The number of nitrogens with zero attached hydrogens (tertiary/aromatic N) is 3. The number of nitrogens with one attached hydrogen (secondary N) is 1. The van der Waals surface area contributed by atoms with E-state index >= 15 is 0 Å². The summed E-state index contributed by atoms with van der Waals surface area (Å²) in [7, 11) is 0. The second kappa shape index (κ2) is 7.02. The summed E-state index contributed by atoms with van der Waals surface area (Å²) in [5.41, 5.74) is 4.05. The van der Waals surface area contributed by atoms with Crippen LogP contribution in [0.3, 0.4) is 0 Å². The van der Waals surface area contributed by atoms with Crippen molar-refractivity contribution in [2.24, 2.45) is 0 Å². The number of hydrogen-bond acceptors (Lipinski definition) is 3. The summed E-state index contributed by atoms with van der Waals surface area (Å²) in [6.45, 7) is 3.26. The van der Waals surface area contributed by atoms with Crippen LogP contribution in [0.5, 0.6) is 0 Å². The van der Waals surface area contributed by atoms with Gasteiger partial charge in [0.25, 0.3) is 0 Å². The van der Waals surface area contributed by atoms with Crippen molar-refractivity contribution in [3.63, 3.8) is 0 Å². The number of benzene rings is 2. The highest BCUT2D eigenvalue weighted by atomic mass is 35.5. The van der Waals surface area contributed by atoms with Crippen LogP contribution in [0.2, 0.25) is 10.0 Å². The Bertz CT molecular complexity index is 800. The lowest BCUT2D eigenvalue weighted by atomic mass is 10.2. The fourth-order valence-electron chi connectivity index (χ4n) is 2.26. The van der Waals surface area contributed by atoms with Crippen LogP contribution in [0, 0.1) is 6.92 Å². The fourth-order valence-corrected chi connectivity index (χ4v) is 2.58. The van der Waals surface area contributed by atoms with Crippen molar-refractivity contribution in [1.29, 1.82) is 0 Å². The van der Waals surface area contributed by atoms with Gasteiger partial charge >= 0.3 is 0 Å². The van der Waals surface area contributed by atoms with Gasteiger partial charge in [-0.15, -0.1) is 5.10 Å². The van der Waals surface area contributed by atoms with Gasteiger partial charge in [0.1, 0.15) is 5.69 Å². The van der Waals surface area contributed by atoms with Crippen LogP contribution in [0.25, 0.3) is 0 Å². The lowest BCUT2D eigenvalue weighted by Gasteiger charge is -2.07. The predicted octanol–water partition coefficient (Wildman–Crippen LogP) is 4.55. The molecule has 0 amide bonds. The molecule has 0 aliphatic heterocycles. The third-order valence-electron chi connectivity index (χ3n) is 3.63. The molecule has 0 aliphatic rings. The lowest BCUT2D eigenvalue weighted by molar-refractivity contribution is 0.633. The summed E-state index contributed by atoms with van der Waals surface area (Å²) in [4.78, 5) is 0. The first-order valence-electron chi connectivity index (χ1n) is 7.25. The van der Waals surface area contributed by atoms with E-state index in [0.29, 0.717) is 23.1 Å². The van der Waals surface area contributed by atoms with Crippen LogP contribution in [0.1, 0.15) is 17.0 Å². The highest BCUT2D eigenvalue weighted by Gasteiger charge is 2.09. The van der Waals surface area contributed by atoms with Crippen molar-refractivity contribution in [3.05, 3.63) is 75.5 Å². The average molecular weight is 347 g/mol. The Balaban J connectivity index is 1.70. The molecule has 0 spiro atoms. The van der Waals surface area contributed by atoms with Gasteiger partial charge in [-0.25, -0.2) is 4.68 Å². The third-order valence-corrected chi connectivity index (χ3v) is 4.37. The van der Waals surface area contributed by atoms with Crippen LogP contribution >= 0.6 is 23.2 Å². The SMILES string of the molecule is Cc1c(CNc2ccccc2)nnn1Cc1ccc(Cl)c(Cl)c1. The van der Waals surface area contributed by atoms with Gasteiger partial charge in [0, 0.05) is 5.69 Å². The third kappa shape index (κ3) is 3.84. The van der Waals surface area contributed by atoms with Crippen molar-refractivity contribution in [2.45, 2.75) is 20.0 Å². The zero-order valence-corrected chi connectivity index (χ0v) is 14.1. The second-order valence-electron chi connectivity index (χ2n) is 5.25. The van der Waals surface area contributed by atoms with E-state index in [1.54, 1.807) is 6.07 Å². The van der Waals surface area contributed by atoms with Crippen molar-refractivity contribution >= 4 is 28.9 Å². The summed E-state index contributed by atoms with van der Waals surface area (Å²) in [6, 6.07) is 15.6. The molecule has 1 heterocycles. The zero-order chi connectivity index (χ0) is 16.2. The molecule has 0 radical (unpaired) electrons. The fraction of sp³-hybridized carbons (Fsp3) is 0.176. The van der Waals surface area contributed by atoms with Gasteiger partial charge in [-0.2, -0.15) is 0 Å². The number of anilines is 1. The number of hydrogen-bond donors (Lipinski definition) is 1. The Morgan fingerprint density at radius 3 is 2.57 bits per heavy atom. The van der Waals surface area contributed by atoms with E-state index in [0.717, 1.165) is 22.6 Å². The van der Waals surface area contributed by atoms with E-state index in [9.17, 15) is 0 Å². The van der Waals surface area contributed by atoms with Gasteiger partial charge in [-0.05, 0) is 36.8 Å². The maximum Gasteiger partial charge on any atom is 0.105 e. The smallest absolute Gasteiger partial charge is 0.105 e. The van der Waals surface area contributed by atoms with E-state index in [-0.39, 0.29) is 0 Å². The van der Waals surface area contributed by atoms with Crippen molar-refractivity contribution in [2.75, 3.05) is 5.32 Å². The quantitative estimate of drug-likeness (QED) is 0.736. The van der Waals surface area contributed by atoms with E-state index in [4.69, 9.17) is 23.2 Å². The van der Waals surface area contributed by atoms with E-state index in [1.807, 2.05) is 54.1 Å². The minimum Gasteiger partial charge on any atom is -0.379 e. The van der Waals surface area contributed by atoms with Crippen LogP contribution in [-0.4, -0.2) is 15.0 Å². The molecule has 4 nitrogen and oxygen atoms in total. The standard InChI is InChI=1S/C17H16Cl2N4/c1-12-17(10-20-14-5-3-2-4-6-14)21-22-23(12)11-13-7-8-15(18)16(19)9-13/h2-9,20H,10-11H2,1H3. The van der Waals surface area contributed by atoms with Gasteiger partial charge in [0.15, 0.2) is 0 Å². The van der Waals surface area contributed by atoms with Crippen LogP contribution in [-0.2, 0) is 13.1 Å². The molecular formula is C17H16Cl2N4. The Kier molecular flexibility index (Phi) is 4.84. The summed E-state index contributed by atoms with van der Waals surface area (Å²) < 4.78 is 1.86. The molecule has 6 heteroatoms. The first-order chi connectivity index (χ1) is 11.1. The molecule has 0 saturated carbocycles.